The van der Waals surface area contributed by atoms with E-state index in [1.165, 1.54) is 36.4 Å². The Balaban J connectivity index is 1.90. The number of sulfone groups is 2. The van der Waals surface area contributed by atoms with Crippen LogP contribution in [0.5, 0.6) is 0 Å². The minimum atomic E-state index is -3.93. The van der Waals surface area contributed by atoms with Crippen LogP contribution in [0.3, 0.4) is 0 Å². The van der Waals surface area contributed by atoms with Crippen LogP contribution in [0.2, 0.25) is 5.02 Å². The van der Waals surface area contributed by atoms with Crippen molar-refractivity contribution in [1.82, 2.24) is 0 Å². The summed E-state index contributed by atoms with van der Waals surface area (Å²) in [5.74, 6) is -1.74. The predicted octanol–water partition coefficient (Wildman–Crippen LogP) is 2.69. The summed E-state index contributed by atoms with van der Waals surface area (Å²) in [5, 5.41) is 1.50. The van der Waals surface area contributed by atoms with Gasteiger partial charge in [-0.25, -0.2) is 21.2 Å². The third-order valence-electron chi connectivity index (χ3n) is 4.24. The summed E-state index contributed by atoms with van der Waals surface area (Å²) in [6.07, 6.45) is 0.0183. The second-order valence-electron chi connectivity index (χ2n) is 6.17. The molecule has 0 radical (unpaired) electrons. The number of benzene rings is 2. The van der Waals surface area contributed by atoms with E-state index in [9.17, 15) is 26.0 Å². The third kappa shape index (κ3) is 4.31. The van der Waals surface area contributed by atoms with Crippen LogP contribution in [-0.2, 0) is 19.7 Å². The smallest absolute Gasteiger partial charge is 0.257 e. The van der Waals surface area contributed by atoms with Gasteiger partial charge >= 0.3 is 0 Å². The number of hydrogen-bond acceptors (Lipinski definition) is 5. The predicted molar refractivity (Wildman–Crippen MR) is 100 cm³/mol. The average Bonchev–Trinajstić information content (AvgIpc) is 2.98. The molecule has 0 saturated carbocycles. The lowest BCUT2D eigenvalue weighted by Gasteiger charge is -2.12. The molecule has 0 aliphatic carbocycles. The van der Waals surface area contributed by atoms with Crippen molar-refractivity contribution in [3.05, 3.63) is 58.9 Å². The quantitative estimate of drug-likeness (QED) is 0.802. The topological polar surface area (TPSA) is 97.4 Å². The molecule has 1 heterocycles. The van der Waals surface area contributed by atoms with Gasteiger partial charge in [-0.1, -0.05) is 11.6 Å². The highest BCUT2D eigenvalue weighted by atomic mass is 35.5. The Hall–Kier alpha value is -1.97. The lowest BCUT2D eigenvalue weighted by Crippen LogP contribution is -2.23. The third-order valence-corrected chi connectivity index (χ3v) is 8.74. The fourth-order valence-corrected chi connectivity index (χ4v) is 7.37. The van der Waals surface area contributed by atoms with E-state index in [-0.39, 0.29) is 27.7 Å². The van der Waals surface area contributed by atoms with Gasteiger partial charge < -0.3 is 5.32 Å². The molecule has 1 unspecified atom stereocenters. The second-order valence-corrected chi connectivity index (χ2v) is 11.0. The Morgan fingerprint density at radius 2 is 1.81 bits per heavy atom. The number of carbonyl (C=O) groups excluding carboxylic acids is 1. The molecule has 2 aromatic carbocycles. The molecule has 1 N–H and O–H groups in total. The molecule has 144 valence electrons. The Bertz CT molecular complexity index is 1100. The van der Waals surface area contributed by atoms with Crippen molar-refractivity contribution in [3.63, 3.8) is 0 Å². The van der Waals surface area contributed by atoms with Gasteiger partial charge in [0.25, 0.3) is 5.91 Å². The number of anilines is 1. The summed E-state index contributed by atoms with van der Waals surface area (Å²) < 4.78 is 61.6. The molecule has 0 spiro atoms. The van der Waals surface area contributed by atoms with Crippen LogP contribution in [0.1, 0.15) is 16.8 Å². The molecule has 1 aliphatic heterocycles. The summed E-state index contributed by atoms with van der Waals surface area (Å²) >= 11 is 6.03. The number of amides is 1. The molecular formula is C17H15ClFNO5S2. The van der Waals surface area contributed by atoms with Gasteiger partial charge in [-0.3, -0.25) is 4.79 Å². The van der Waals surface area contributed by atoms with Crippen LogP contribution in [0.15, 0.2) is 47.4 Å². The minimum Gasteiger partial charge on any atom is -0.322 e. The van der Waals surface area contributed by atoms with E-state index in [4.69, 9.17) is 11.6 Å². The highest BCUT2D eigenvalue weighted by Crippen LogP contribution is 2.28. The molecule has 1 atom stereocenters. The summed E-state index contributed by atoms with van der Waals surface area (Å²) in [5.41, 5.74) is 0.232. The Morgan fingerprint density at radius 1 is 1.15 bits per heavy atom. The zero-order chi connectivity index (χ0) is 19.8. The van der Waals surface area contributed by atoms with E-state index >= 15 is 0 Å². The fraction of sp³-hybridized carbons (Fsp3) is 0.235. The summed E-state index contributed by atoms with van der Waals surface area (Å²) in [4.78, 5) is 12.3. The second kappa shape index (κ2) is 7.21. The van der Waals surface area contributed by atoms with Crippen LogP contribution in [0, 0.1) is 5.82 Å². The first-order valence-corrected chi connectivity index (χ1v) is 11.6. The van der Waals surface area contributed by atoms with Gasteiger partial charge in [0.1, 0.15) is 5.82 Å². The molecule has 6 nitrogen and oxygen atoms in total. The van der Waals surface area contributed by atoms with E-state index in [2.05, 4.69) is 5.32 Å². The largest absolute Gasteiger partial charge is 0.322 e. The van der Waals surface area contributed by atoms with Crippen molar-refractivity contribution in [3.8, 4) is 0 Å². The van der Waals surface area contributed by atoms with Crippen molar-refractivity contribution in [2.24, 2.45) is 0 Å². The van der Waals surface area contributed by atoms with Crippen LogP contribution < -0.4 is 5.32 Å². The summed E-state index contributed by atoms with van der Waals surface area (Å²) in [7, 11) is -7.31. The molecular weight excluding hydrogens is 417 g/mol. The van der Waals surface area contributed by atoms with E-state index in [0.29, 0.717) is 5.69 Å². The molecule has 1 saturated heterocycles. The Morgan fingerprint density at radius 3 is 2.41 bits per heavy atom. The highest BCUT2D eigenvalue weighted by molar-refractivity contribution is 7.96. The van der Waals surface area contributed by atoms with Crippen LogP contribution >= 0.6 is 11.6 Å². The molecule has 2 aromatic rings. The van der Waals surface area contributed by atoms with Gasteiger partial charge in [-0.2, -0.15) is 0 Å². The van der Waals surface area contributed by atoms with E-state index in [0.717, 1.165) is 6.07 Å². The Labute approximate surface area is 161 Å². The maximum Gasteiger partial charge on any atom is 0.257 e. The number of nitrogens with one attached hydrogen (secondary N) is 1. The van der Waals surface area contributed by atoms with Gasteiger partial charge in [-0.05, 0) is 48.9 Å². The fourth-order valence-electron chi connectivity index (χ4n) is 2.79. The summed E-state index contributed by atoms with van der Waals surface area (Å²) in [6, 6.07) is 8.68. The SMILES string of the molecule is O=C(Nc1ccc(F)cc1)c1cc(S(=O)(=O)C2CCS(=O)(=O)C2)ccc1Cl. The lowest BCUT2D eigenvalue weighted by molar-refractivity contribution is 0.102. The molecule has 0 aromatic heterocycles. The van der Waals surface area contributed by atoms with Crippen molar-refractivity contribution in [2.75, 3.05) is 16.8 Å². The normalized spacial score (nSPS) is 19.0. The highest BCUT2D eigenvalue weighted by Gasteiger charge is 2.38. The molecule has 1 amide bonds. The number of hydrogen-bond donors (Lipinski definition) is 1. The first-order chi connectivity index (χ1) is 12.6. The van der Waals surface area contributed by atoms with Crippen LogP contribution in [0.25, 0.3) is 0 Å². The van der Waals surface area contributed by atoms with E-state index in [1.807, 2.05) is 0 Å². The van der Waals surface area contributed by atoms with Crippen LogP contribution in [0.4, 0.5) is 10.1 Å². The zero-order valence-electron chi connectivity index (χ0n) is 13.9. The molecule has 1 fully saturated rings. The monoisotopic (exact) mass is 431 g/mol. The van der Waals surface area contributed by atoms with Gasteiger partial charge in [0.2, 0.25) is 0 Å². The van der Waals surface area contributed by atoms with Gasteiger partial charge in [0.15, 0.2) is 19.7 Å². The molecule has 10 heteroatoms. The van der Waals surface area contributed by atoms with Gasteiger partial charge in [-0.15, -0.1) is 0 Å². The molecule has 3 rings (SSSR count). The number of rotatable bonds is 4. The first kappa shape index (κ1) is 19.8. The maximum absolute atomic E-state index is 13.0. The maximum atomic E-state index is 13.0. The van der Waals surface area contributed by atoms with Crippen molar-refractivity contribution in [1.29, 1.82) is 0 Å². The van der Waals surface area contributed by atoms with Crippen LogP contribution in [-0.4, -0.2) is 39.5 Å². The minimum absolute atomic E-state index is 0.0183. The van der Waals surface area contributed by atoms with Crippen molar-refractivity contribution in [2.45, 2.75) is 16.6 Å². The Kier molecular flexibility index (Phi) is 5.29. The van der Waals surface area contributed by atoms with Gasteiger partial charge in [0, 0.05) is 5.69 Å². The van der Waals surface area contributed by atoms with E-state index < -0.39 is 42.4 Å². The zero-order valence-corrected chi connectivity index (χ0v) is 16.2. The average molecular weight is 432 g/mol. The molecule has 1 aliphatic rings. The standard InChI is InChI=1S/C17H15ClFNO5S2/c18-16-6-5-13(27(24,25)14-7-8-26(22,23)10-14)9-15(16)17(21)20-12-3-1-11(19)2-4-12/h1-6,9,14H,7-8,10H2,(H,20,21). The number of carbonyl (C=O) groups is 1. The van der Waals surface area contributed by atoms with Gasteiger partial charge in [0.05, 0.1) is 32.2 Å². The lowest BCUT2D eigenvalue weighted by atomic mass is 10.2. The molecule has 0 bridgehead atoms. The van der Waals surface area contributed by atoms with Crippen molar-refractivity contribution < 1.29 is 26.0 Å². The van der Waals surface area contributed by atoms with E-state index in [1.54, 1.807) is 0 Å². The van der Waals surface area contributed by atoms with Crippen molar-refractivity contribution >= 4 is 42.9 Å². The number of halogens is 2. The molecule has 27 heavy (non-hydrogen) atoms. The first-order valence-electron chi connectivity index (χ1n) is 7.89. The summed E-state index contributed by atoms with van der Waals surface area (Å²) in [6.45, 7) is 0.